The molecule has 29 heavy (non-hydrogen) atoms. The lowest BCUT2D eigenvalue weighted by atomic mass is 10.1. The quantitative estimate of drug-likeness (QED) is 0.546. The lowest BCUT2D eigenvalue weighted by molar-refractivity contribution is -0.0499. The molecule has 2 heterocycles. The summed E-state index contributed by atoms with van der Waals surface area (Å²) < 4.78 is 73.4. The molecular formula is C18H21F3N2O5S. The van der Waals surface area contributed by atoms with E-state index in [0.717, 1.165) is 0 Å². The minimum atomic E-state index is -5.88. The number of benzene rings is 1. The molecule has 0 radical (unpaired) electrons. The summed E-state index contributed by atoms with van der Waals surface area (Å²) in [6.45, 7) is 6.09. The highest BCUT2D eigenvalue weighted by molar-refractivity contribution is 7.88. The maximum absolute atomic E-state index is 12.9. The van der Waals surface area contributed by atoms with E-state index in [4.69, 9.17) is 4.74 Å². The Kier molecular flexibility index (Phi) is 5.33. The molecule has 1 aliphatic rings. The van der Waals surface area contributed by atoms with Gasteiger partial charge < -0.3 is 18.4 Å². The number of aromatic nitrogens is 1. The first kappa shape index (κ1) is 21.4. The Balaban J connectivity index is 2.24. The molecule has 1 fully saturated rings. The Bertz CT molecular complexity index is 1100. The fourth-order valence-electron chi connectivity index (χ4n) is 3.48. The summed E-state index contributed by atoms with van der Waals surface area (Å²) >= 11 is 0. The summed E-state index contributed by atoms with van der Waals surface area (Å²) in [6.07, 6.45) is -0.279. The topological polar surface area (TPSA) is 77.8 Å². The number of ether oxygens (including phenoxy) is 1. The number of pyridine rings is 1. The summed E-state index contributed by atoms with van der Waals surface area (Å²) in [7, 11) is -4.41. The molecule has 0 amide bonds. The summed E-state index contributed by atoms with van der Waals surface area (Å²) in [5.41, 5.74) is -4.98. The largest absolute Gasteiger partial charge is 0.534 e. The number of morpholine rings is 1. The van der Waals surface area contributed by atoms with Gasteiger partial charge in [-0.15, -0.1) is 0 Å². The van der Waals surface area contributed by atoms with Crippen LogP contribution in [0.15, 0.2) is 23.0 Å². The van der Waals surface area contributed by atoms with Gasteiger partial charge in [0.1, 0.15) is 0 Å². The van der Waals surface area contributed by atoms with E-state index in [1.165, 1.54) is 30.7 Å². The summed E-state index contributed by atoms with van der Waals surface area (Å²) in [6, 6.07) is 4.21. The molecule has 160 valence electrons. The number of fused-ring (bicyclic) bond motifs is 1. The lowest BCUT2D eigenvalue weighted by Crippen LogP contribution is -2.45. The van der Waals surface area contributed by atoms with Gasteiger partial charge in [-0.25, -0.2) is 0 Å². The first-order valence-corrected chi connectivity index (χ1v) is 10.3. The van der Waals surface area contributed by atoms with Crippen LogP contribution in [0.25, 0.3) is 10.9 Å². The molecule has 0 bridgehead atoms. The zero-order valence-corrected chi connectivity index (χ0v) is 17.1. The summed E-state index contributed by atoms with van der Waals surface area (Å²) in [4.78, 5) is 14.2. The molecule has 1 saturated heterocycles. The molecule has 0 N–H and O–H groups in total. The van der Waals surface area contributed by atoms with Crippen LogP contribution in [0.1, 0.15) is 19.4 Å². The Morgan fingerprint density at radius 1 is 1.14 bits per heavy atom. The number of halogens is 3. The zero-order chi connectivity index (χ0) is 21.7. The van der Waals surface area contributed by atoms with Crippen molar-refractivity contribution in [1.82, 2.24) is 4.57 Å². The normalized spacial score (nSPS) is 20.9. The second-order valence-corrected chi connectivity index (χ2v) is 8.75. The third kappa shape index (κ3) is 4.06. The second-order valence-electron chi connectivity index (χ2n) is 7.21. The summed E-state index contributed by atoms with van der Waals surface area (Å²) in [5.74, 6) is -0.486. The molecule has 3 rings (SSSR count). The van der Waals surface area contributed by atoms with Crippen molar-refractivity contribution in [1.29, 1.82) is 0 Å². The zero-order valence-electron chi connectivity index (χ0n) is 16.3. The first-order chi connectivity index (χ1) is 13.3. The molecule has 1 aromatic carbocycles. The highest BCUT2D eigenvalue weighted by Crippen LogP contribution is 2.36. The second kappa shape index (κ2) is 7.21. The number of hydrogen-bond donors (Lipinski definition) is 0. The maximum atomic E-state index is 12.9. The highest BCUT2D eigenvalue weighted by atomic mass is 32.2. The number of rotatable bonds is 3. The molecular weight excluding hydrogens is 413 g/mol. The first-order valence-electron chi connectivity index (χ1n) is 8.85. The molecule has 1 aliphatic heterocycles. The van der Waals surface area contributed by atoms with Gasteiger partial charge in [-0.1, -0.05) is 0 Å². The monoisotopic (exact) mass is 434 g/mol. The average molecular weight is 434 g/mol. The smallest absolute Gasteiger partial charge is 0.375 e. The summed E-state index contributed by atoms with van der Waals surface area (Å²) in [5, 5.41) is 0.0931. The van der Waals surface area contributed by atoms with Gasteiger partial charge in [0.05, 0.1) is 17.7 Å². The van der Waals surface area contributed by atoms with Crippen LogP contribution in [0.5, 0.6) is 5.75 Å². The highest BCUT2D eigenvalue weighted by Gasteiger charge is 2.48. The van der Waals surface area contributed by atoms with Crippen molar-refractivity contribution in [3.63, 3.8) is 0 Å². The molecule has 0 aliphatic carbocycles. The molecule has 1 aromatic heterocycles. The van der Waals surface area contributed by atoms with E-state index in [0.29, 0.717) is 18.8 Å². The Hall–Kier alpha value is -2.27. The molecule has 2 aromatic rings. The SMILES string of the molecule is Cc1cc2c(OS(=O)(=O)C(F)(F)F)cc(N3CC(C)OC(C)C3)cc2n(C)c1=O. The number of nitrogens with zero attached hydrogens (tertiary/aromatic N) is 2. The van der Waals surface area contributed by atoms with E-state index >= 15 is 0 Å². The Labute approximate surface area is 165 Å². The van der Waals surface area contributed by atoms with Crippen molar-refractivity contribution in [2.24, 2.45) is 7.05 Å². The average Bonchev–Trinajstić information content (AvgIpc) is 2.58. The molecule has 11 heteroatoms. The molecule has 2 atom stereocenters. The van der Waals surface area contributed by atoms with Gasteiger partial charge in [0.25, 0.3) is 5.56 Å². The predicted octanol–water partition coefficient (Wildman–Crippen LogP) is 2.69. The van der Waals surface area contributed by atoms with Crippen LogP contribution in [0, 0.1) is 6.92 Å². The lowest BCUT2D eigenvalue weighted by Gasteiger charge is -2.37. The minimum absolute atomic E-state index is 0.0931. The van der Waals surface area contributed by atoms with E-state index < -0.39 is 21.4 Å². The Morgan fingerprint density at radius 3 is 2.28 bits per heavy atom. The maximum Gasteiger partial charge on any atom is 0.534 e. The van der Waals surface area contributed by atoms with Gasteiger partial charge in [-0.3, -0.25) is 4.79 Å². The van der Waals surface area contributed by atoms with Crippen LogP contribution >= 0.6 is 0 Å². The fraction of sp³-hybridized carbons (Fsp3) is 0.500. The number of alkyl halides is 3. The fourth-order valence-corrected chi connectivity index (χ4v) is 3.95. The predicted molar refractivity (Wildman–Crippen MR) is 102 cm³/mol. The van der Waals surface area contributed by atoms with E-state index in [2.05, 4.69) is 4.18 Å². The third-order valence-electron chi connectivity index (χ3n) is 4.74. The van der Waals surface area contributed by atoms with Gasteiger partial charge in [0, 0.05) is 42.8 Å². The van der Waals surface area contributed by atoms with Crippen molar-refractivity contribution in [3.8, 4) is 5.75 Å². The van der Waals surface area contributed by atoms with Crippen molar-refractivity contribution in [2.45, 2.75) is 38.5 Å². The standard InChI is InChI=1S/C18H21F3N2O5S/c1-10-5-14-15(22(4)17(10)24)6-13(23-8-11(2)27-12(3)9-23)7-16(14)28-29(25,26)18(19,20)21/h5-7,11-12H,8-9H2,1-4H3. The van der Waals surface area contributed by atoms with Gasteiger partial charge >= 0.3 is 15.6 Å². The van der Waals surface area contributed by atoms with E-state index in [9.17, 15) is 26.4 Å². The van der Waals surface area contributed by atoms with Crippen LogP contribution < -0.4 is 14.6 Å². The van der Waals surface area contributed by atoms with Crippen molar-refractivity contribution >= 4 is 26.7 Å². The van der Waals surface area contributed by atoms with Crippen LogP contribution in [-0.4, -0.2) is 43.8 Å². The van der Waals surface area contributed by atoms with Crippen LogP contribution in [0.3, 0.4) is 0 Å². The molecule has 0 saturated carbocycles. The number of aryl methyl sites for hydroxylation is 2. The third-order valence-corrected chi connectivity index (χ3v) is 5.70. The van der Waals surface area contributed by atoms with E-state index in [1.54, 1.807) is 6.07 Å². The number of hydrogen-bond acceptors (Lipinski definition) is 6. The minimum Gasteiger partial charge on any atom is -0.375 e. The van der Waals surface area contributed by atoms with Gasteiger partial charge in [0.2, 0.25) is 0 Å². The Morgan fingerprint density at radius 2 is 1.72 bits per heavy atom. The van der Waals surface area contributed by atoms with Crippen molar-refractivity contribution in [3.05, 3.63) is 34.1 Å². The van der Waals surface area contributed by atoms with Crippen LogP contribution in [-0.2, 0) is 21.9 Å². The molecule has 0 spiro atoms. The van der Waals surface area contributed by atoms with Gasteiger partial charge in [0.15, 0.2) is 5.75 Å². The molecule has 2 unspecified atom stereocenters. The number of anilines is 1. The van der Waals surface area contributed by atoms with Gasteiger partial charge in [-0.05, 0) is 32.9 Å². The van der Waals surface area contributed by atoms with E-state index in [-0.39, 0.29) is 34.2 Å². The van der Waals surface area contributed by atoms with E-state index in [1.807, 2.05) is 18.7 Å². The van der Waals surface area contributed by atoms with Crippen molar-refractivity contribution < 1.29 is 30.5 Å². The molecule has 7 nitrogen and oxygen atoms in total. The van der Waals surface area contributed by atoms with Gasteiger partial charge in [-0.2, -0.15) is 21.6 Å². The van der Waals surface area contributed by atoms with Crippen LogP contribution in [0.4, 0.5) is 18.9 Å². The van der Waals surface area contributed by atoms with Crippen molar-refractivity contribution in [2.75, 3.05) is 18.0 Å². The van der Waals surface area contributed by atoms with Crippen LogP contribution in [0.2, 0.25) is 0 Å².